The van der Waals surface area contributed by atoms with Crippen LogP contribution in [0.5, 0.6) is 11.5 Å². The molecule has 1 aromatic heterocycles. The van der Waals surface area contributed by atoms with E-state index in [-0.39, 0.29) is 16.5 Å². The van der Waals surface area contributed by atoms with Crippen LogP contribution in [0.15, 0.2) is 41.0 Å². The molecular formula is C15H10ClNO4. The Kier molecular flexibility index (Phi) is 4.64. The van der Waals surface area contributed by atoms with Gasteiger partial charge in [-0.25, -0.2) is 4.79 Å². The Bertz CT molecular complexity index is 714. The second-order valence-corrected chi connectivity index (χ2v) is 4.28. The van der Waals surface area contributed by atoms with Gasteiger partial charge in [0.1, 0.15) is 5.76 Å². The summed E-state index contributed by atoms with van der Waals surface area (Å²) in [6.45, 7) is 0. The normalized spacial score (nSPS) is 10.3. The van der Waals surface area contributed by atoms with Crippen LogP contribution < -0.4 is 9.47 Å². The van der Waals surface area contributed by atoms with Crippen molar-refractivity contribution in [3.63, 3.8) is 0 Å². The molecule has 0 saturated heterocycles. The predicted molar refractivity (Wildman–Crippen MR) is 76.1 cm³/mol. The van der Waals surface area contributed by atoms with Crippen LogP contribution in [-0.2, 0) is 4.79 Å². The Morgan fingerprint density at radius 3 is 2.90 bits per heavy atom. The molecule has 2 aromatic rings. The van der Waals surface area contributed by atoms with Crippen molar-refractivity contribution >= 4 is 23.6 Å². The minimum Gasteiger partial charge on any atom is -0.493 e. The SMILES string of the molecule is COc1cc(C#N)cc(Cl)c1OC(=O)/C=C/c1ccco1. The summed E-state index contributed by atoms with van der Waals surface area (Å²) >= 11 is 5.98. The van der Waals surface area contributed by atoms with Gasteiger partial charge in [-0.2, -0.15) is 5.26 Å². The number of carbonyl (C=O) groups is 1. The van der Waals surface area contributed by atoms with Crippen molar-refractivity contribution < 1.29 is 18.7 Å². The van der Waals surface area contributed by atoms with E-state index < -0.39 is 5.97 Å². The molecule has 0 amide bonds. The van der Waals surface area contributed by atoms with Crippen molar-refractivity contribution in [3.8, 4) is 17.6 Å². The summed E-state index contributed by atoms with van der Waals surface area (Å²) in [6, 6.07) is 8.16. The minimum absolute atomic E-state index is 0.0623. The second-order valence-electron chi connectivity index (χ2n) is 3.87. The van der Waals surface area contributed by atoms with Gasteiger partial charge in [0, 0.05) is 12.1 Å². The lowest BCUT2D eigenvalue weighted by Crippen LogP contribution is -2.05. The third kappa shape index (κ3) is 3.65. The van der Waals surface area contributed by atoms with Gasteiger partial charge < -0.3 is 13.9 Å². The molecule has 0 atom stereocenters. The van der Waals surface area contributed by atoms with E-state index in [1.165, 1.54) is 37.7 Å². The fraction of sp³-hybridized carbons (Fsp3) is 0.0667. The number of hydrogen-bond acceptors (Lipinski definition) is 5. The molecule has 106 valence electrons. The van der Waals surface area contributed by atoms with Crippen LogP contribution in [0, 0.1) is 11.3 Å². The fourth-order valence-corrected chi connectivity index (χ4v) is 1.80. The van der Waals surface area contributed by atoms with E-state index in [2.05, 4.69) is 0 Å². The molecule has 0 N–H and O–H groups in total. The van der Waals surface area contributed by atoms with Crippen LogP contribution in [-0.4, -0.2) is 13.1 Å². The molecule has 0 aliphatic rings. The highest BCUT2D eigenvalue weighted by Gasteiger charge is 2.14. The Hall–Kier alpha value is -2.71. The molecule has 2 rings (SSSR count). The molecule has 0 aliphatic heterocycles. The standard InChI is InChI=1S/C15H10ClNO4/c1-19-13-8-10(9-17)7-12(16)15(13)21-14(18)5-4-11-3-2-6-20-11/h2-8H,1H3/b5-4+. The summed E-state index contributed by atoms with van der Waals surface area (Å²) in [6.07, 6.45) is 4.16. The van der Waals surface area contributed by atoms with Gasteiger partial charge in [0.05, 0.1) is 30.0 Å². The number of benzene rings is 1. The summed E-state index contributed by atoms with van der Waals surface area (Å²) in [5.41, 5.74) is 0.308. The van der Waals surface area contributed by atoms with Gasteiger partial charge in [-0.05, 0) is 24.3 Å². The van der Waals surface area contributed by atoms with Crippen molar-refractivity contribution in [3.05, 3.63) is 53.0 Å². The Balaban J connectivity index is 2.19. The smallest absolute Gasteiger partial charge is 0.336 e. The molecular weight excluding hydrogens is 294 g/mol. The highest BCUT2D eigenvalue weighted by atomic mass is 35.5. The van der Waals surface area contributed by atoms with Gasteiger partial charge in [-0.15, -0.1) is 0 Å². The number of esters is 1. The van der Waals surface area contributed by atoms with Crippen LogP contribution in [0.4, 0.5) is 0 Å². The fourth-order valence-electron chi connectivity index (χ4n) is 1.55. The molecule has 0 unspecified atom stereocenters. The number of nitrogens with zero attached hydrogens (tertiary/aromatic N) is 1. The number of methoxy groups -OCH3 is 1. The molecule has 0 radical (unpaired) electrons. The first-order chi connectivity index (χ1) is 10.1. The number of rotatable bonds is 4. The molecule has 0 saturated carbocycles. The van der Waals surface area contributed by atoms with Gasteiger partial charge in [0.15, 0.2) is 11.5 Å². The molecule has 0 aliphatic carbocycles. The lowest BCUT2D eigenvalue weighted by atomic mass is 10.2. The van der Waals surface area contributed by atoms with Crippen LogP contribution in [0.1, 0.15) is 11.3 Å². The second kappa shape index (κ2) is 6.64. The predicted octanol–water partition coefficient (Wildman–Crippen LogP) is 3.43. The summed E-state index contributed by atoms with van der Waals surface area (Å²) in [4.78, 5) is 11.8. The van der Waals surface area contributed by atoms with Crippen molar-refractivity contribution in [2.75, 3.05) is 7.11 Å². The largest absolute Gasteiger partial charge is 0.493 e. The van der Waals surface area contributed by atoms with Gasteiger partial charge in [-0.3, -0.25) is 0 Å². The number of hydrogen-bond donors (Lipinski definition) is 0. The van der Waals surface area contributed by atoms with E-state index in [1.54, 1.807) is 12.1 Å². The molecule has 0 spiro atoms. The van der Waals surface area contributed by atoms with Crippen molar-refractivity contribution in [2.24, 2.45) is 0 Å². The first-order valence-electron chi connectivity index (χ1n) is 5.85. The lowest BCUT2D eigenvalue weighted by Gasteiger charge is -2.09. The average molecular weight is 304 g/mol. The maximum atomic E-state index is 11.8. The Morgan fingerprint density at radius 2 is 2.29 bits per heavy atom. The highest BCUT2D eigenvalue weighted by Crippen LogP contribution is 2.36. The first kappa shape index (κ1) is 14.7. The summed E-state index contributed by atoms with van der Waals surface area (Å²) in [7, 11) is 1.39. The summed E-state index contributed by atoms with van der Waals surface area (Å²) in [5, 5.41) is 8.97. The van der Waals surface area contributed by atoms with Gasteiger partial charge in [0.2, 0.25) is 0 Å². The Labute approximate surface area is 126 Å². The molecule has 1 aromatic carbocycles. The van der Waals surface area contributed by atoms with Crippen LogP contribution >= 0.6 is 11.6 Å². The summed E-state index contributed by atoms with van der Waals surface area (Å²) < 4.78 is 15.2. The summed E-state index contributed by atoms with van der Waals surface area (Å²) in [5.74, 6) is 0.146. The third-order valence-electron chi connectivity index (χ3n) is 2.49. The van der Waals surface area contributed by atoms with E-state index in [0.29, 0.717) is 11.3 Å². The van der Waals surface area contributed by atoms with Crippen molar-refractivity contribution in [1.29, 1.82) is 5.26 Å². The zero-order valence-corrected chi connectivity index (χ0v) is 11.8. The first-order valence-corrected chi connectivity index (χ1v) is 6.23. The van der Waals surface area contributed by atoms with E-state index in [1.807, 2.05) is 6.07 Å². The number of furan rings is 1. The lowest BCUT2D eigenvalue weighted by molar-refractivity contribution is -0.129. The van der Waals surface area contributed by atoms with Crippen LogP contribution in [0.2, 0.25) is 5.02 Å². The third-order valence-corrected chi connectivity index (χ3v) is 2.77. The van der Waals surface area contributed by atoms with Crippen LogP contribution in [0.25, 0.3) is 6.08 Å². The number of ether oxygens (including phenoxy) is 2. The zero-order valence-electron chi connectivity index (χ0n) is 11.0. The molecule has 5 nitrogen and oxygen atoms in total. The molecule has 6 heteroatoms. The van der Waals surface area contributed by atoms with E-state index in [9.17, 15) is 4.79 Å². The highest BCUT2D eigenvalue weighted by molar-refractivity contribution is 6.32. The van der Waals surface area contributed by atoms with Gasteiger partial charge in [-0.1, -0.05) is 11.6 Å². The minimum atomic E-state index is -0.642. The molecule has 0 bridgehead atoms. The quantitative estimate of drug-likeness (QED) is 0.491. The number of nitriles is 1. The monoisotopic (exact) mass is 303 g/mol. The topological polar surface area (TPSA) is 72.5 Å². The van der Waals surface area contributed by atoms with Gasteiger partial charge >= 0.3 is 5.97 Å². The molecule has 1 heterocycles. The average Bonchev–Trinajstić information content (AvgIpc) is 3.00. The van der Waals surface area contributed by atoms with Crippen LogP contribution in [0.3, 0.4) is 0 Å². The van der Waals surface area contributed by atoms with E-state index >= 15 is 0 Å². The zero-order chi connectivity index (χ0) is 15.2. The number of carbonyl (C=O) groups excluding carboxylic acids is 1. The van der Waals surface area contributed by atoms with E-state index in [4.69, 9.17) is 30.8 Å². The maximum absolute atomic E-state index is 11.8. The molecule has 0 fully saturated rings. The Morgan fingerprint density at radius 1 is 1.48 bits per heavy atom. The maximum Gasteiger partial charge on any atom is 0.336 e. The van der Waals surface area contributed by atoms with Crippen molar-refractivity contribution in [2.45, 2.75) is 0 Å². The van der Waals surface area contributed by atoms with E-state index in [0.717, 1.165) is 0 Å². The van der Waals surface area contributed by atoms with Crippen molar-refractivity contribution in [1.82, 2.24) is 0 Å². The molecule has 21 heavy (non-hydrogen) atoms. The number of halogens is 1. The van der Waals surface area contributed by atoms with Gasteiger partial charge in [0.25, 0.3) is 0 Å².